The maximum atomic E-state index is 12.9. The van der Waals surface area contributed by atoms with Crippen LogP contribution in [0.2, 0.25) is 5.02 Å². The van der Waals surface area contributed by atoms with Crippen LogP contribution in [0.1, 0.15) is 30.2 Å². The summed E-state index contributed by atoms with van der Waals surface area (Å²) in [6, 6.07) is 10.2. The third kappa shape index (κ3) is 3.68. The van der Waals surface area contributed by atoms with Crippen molar-refractivity contribution in [1.82, 2.24) is 4.57 Å². The topological polar surface area (TPSA) is 69.6 Å². The fourth-order valence-electron chi connectivity index (χ4n) is 3.03. The monoisotopic (exact) mass is 400 g/mol. The molecule has 0 aliphatic rings. The van der Waals surface area contributed by atoms with Gasteiger partial charge in [-0.25, -0.2) is 0 Å². The summed E-state index contributed by atoms with van der Waals surface area (Å²) in [7, 11) is 3.04. The summed E-state index contributed by atoms with van der Waals surface area (Å²) in [4.78, 5) is 25.8. The van der Waals surface area contributed by atoms with Crippen LogP contribution in [0.5, 0.6) is 11.5 Å². The predicted octanol–water partition coefficient (Wildman–Crippen LogP) is 4.51. The van der Waals surface area contributed by atoms with Crippen LogP contribution in [0.4, 0.5) is 5.69 Å². The number of carbonyl (C=O) groups is 1. The summed E-state index contributed by atoms with van der Waals surface area (Å²) in [5, 5.41) is 3.60. The molecule has 3 rings (SSSR count). The van der Waals surface area contributed by atoms with Gasteiger partial charge in [0.2, 0.25) is 5.43 Å². The number of fused-ring (bicyclic) bond motifs is 1. The molecule has 0 aliphatic heterocycles. The zero-order valence-corrected chi connectivity index (χ0v) is 16.8. The molecule has 0 saturated carbocycles. The lowest BCUT2D eigenvalue weighted by Gasteiger charge is -2.17. The molecule has 3 aromatic rings. The molecular weight excluding hydrogens is 380 g/mol. The van der Waals surface area contributed by atoms with E-state index in [-0.39, 0.29) is 17.0 Å². The summed E-state index contributed by atoms with van der Waals surface area (Å²) in [6.45, 7) is 3.96. The number of amides is 1. The van der Waals surface area contributed by atoms with Gasteiger partial charge in [0.1, 0.15) is 5.56 Å². The number of anilines is 1. The van der Waals surface area contributed by atoms with E-state index in [2.05, 4.69) is 5.32 Å². The van der Waals surface area contributed by atoms with Crippen molar-refractivity contribution in [3.8, 4) is 11.5 Å². The Morgan fingerprint density at radius 1 is 1.07 bits per heavy atom. The van der Waals surface area contributed by atoms with Crippen LogP contribution >= 0.6 is 11.6 Å². The number of benzene rings is 2. The Kier molecular flexibility index (Phi) is 5.61. The third-order valence-electron chi connectivity index (χ3n) is 4.44. The first kappa shape index (κ1) is 19.8. The van der Waals surface area contributed by atoms with E-state index in [1.807, 2.05) is 18.4 Å². The average molecular weight is 401 g/mol. The first-order chi connectivity index (χ1) is 13.3. The molecule has 1 N–H and O–H groups in total. The van der Waals surface area contributed by atoms with Gasteiger partial charge in [0.15, 0.2) is 11.5 Å². The standard InChI is InChI=1S/C21H21ClN2O4/c1-12(2)24-11-16(20(25)15-9-13(22)5-7-17(15)24)21(26)23-14-6-8-18(27-3)19(10-14)28-4/h5-12H,1-4H3,(H,23,26). The number of methoxy groups -OCH3 is 2. The molecule has 28 heavy (non-hydrogen) atoms. The Bertz CT molecular complexity index is 1110. The number of halogens is 1. The maximum absolute atomic E-state index is 12.9. The lowest BCUT2D eigenvalue weighted by Crippen LogP contribution is -2.24. The number of nitrogens with zero attached hydrogens (tertiary/aromatic N) is 1. The SMILES string of the molecule is COc1ccc(NC(=O)c2cn(C(C)C)c3ccc(Cl)cc3c2=O)cc1OC. The minimum atomic E-state index is -0.506. The van der Waals surface area contributed by atoms with Crippen LogP contribution in [-0.4, -0.2) is 24.7 Å². The number of pyridine rings is 1. The van der Waals surface area contributed by atoms with Crippen LogP contribution in [0.25, 0.3) is 10.9 Å². The number of hydrogen-bond acceptors (Lipinski definition) is 4. The summed E-state index contributed by atoms with van der Waals surface area (Å²) < 4.78 is 12.3. The van der Waals surface area contributed by atoms with E-state index >= 15 is 0 Å². The Hall–Kier alpha value is -2.99. The van der Waals surface area contributed by atoms with Gasteiger partial charge in [-0.3, -0.25) is 9.59 Å². The van der Waals surface area contributed by atoms with Crippen molar-refractivity contribution in [3.63, 3.8) is 0 Å². The lowest BCUT2D eigenvalue weighted by atomic mass is 10.1. The molecule has 7 heteroatoms. The number of carbonyl (C=O) groups excluding carboxylic acids is 1. The van der Waals surface area contributed by atoms with Crippen LogP contribution < -0.4 is 20.2 Å². The number of nitrogens with one attached hydrogen (secondary N) is 1. The van der Waals surface area contributed by atoms with Gasteiger partial charge in [-0.2, -0.15) is 0 Å². The second-order valence-electron chi connectivity index (χ2n) is 6.56. The normalized spacial score (nSPS) is 10.9. The number of hydrogen-bond donors (Lipinski definition) is 1. The Balaban J connectivity index is 2.07. The zero-order chi connectivity index (χ0) is 20.4. The quantitative estimate of drug-likeness (QED) is 0.684. The van der Waals surface area contributed by atoms with Gasteiger partial charge in [0.05, 0.1) is 19.7 Å². The van der Waals surface area contributed by atoms with E-state index in [0.29, 0.717) is 27.6 Å². The van der Waals surface area contributed by atoms with Gasteiger partial charge >= 0.3 is 0 Å². The van der Waals surface area contributed by atoms with Crippen molar-refractivity contribution in [2.75, 3.05) is 19.5 Å². The van der Waals surface area contributed by atoms with Crippen molar-refractivity contribution in [1.29, 1.82) is 0 Å². The highest BCUT2D eigenvalue weighted by atomic mass is 35.5. The molecule has 0 atom stereocenters. The molecule has 0 radical (unpaired) electrons. The predicted molar refractivity (Wildman–Crippen MR) is 111 cm³/mol. The highest BCUT2D eigenvalue weighted by Crippen LogP contribution is 2.30. The van der Waals surface area contributed by atoms with Gasteiger partial charge in [0, 0.05) is 34.4 Å². The lowest BCUT2D eigenvalue weighted by molar-refractivity contribution is 0.102. The van der Waals surface area contributed by atoms with Gasteiger partial charge in [0.25, 0.3) is 5.91 Å². The maximum Gasteiger partial charge on any atom is 0.261 e. The molecule has 0 unspecified atom stereocenters. The van der Waals surface area contributed by atoms with Crippen molar-refractivity contribution >= 4 is 34.1 Å². The molecule has 1 aromatic heterocycles. The van der Waals surface area contributed by atoms with Gasteiger partial charge in [-0.05, 0) is 44.2 Å². The molecular formula is C21H21ClN2O4. The highest BCUT2D eigenvalue weighted by molar-refractivity contribution is 6.31. The molecule has 1 heterocycles. The number of ether oxygens (including phenoxy) is 2. The van der Waals surface area contributed by atoms with E-state index in [1.54, 1.807) is 42.6 Å². The Labute approximate surface area is 167 Å². The van der Waals surface area contributed by atoms with Crippen LogP contribution in [0.3, 0.4) is 0 Å². The molecule has 0 aliphatic carbocycles. The Morgan fingerprint density at radius 3 is 2.43 bits per heavy atom. The first-order valence-electron chi connectivity index (χ1n) is 8.73. The van der Waals surface area contributed by atoms with E-state index in [0.717, 1.165) is 5.52 Å². The smallest absolute Gasteiger partial charge is 0.261 e. The average Bonchev–Trinajstić information content (AvgIpc) is 2.68. The second kappa shape index (κ2) is 7.94. The zero-order valence-electron chi connectivity index (χ0n) is 16.1. The minimum Gasteiger partial charge on any atom is -0.493 e. The summed E-state index contributed by atoms with van der Waals surface area (Å²) in [5.41, 5.74) is 0.891. The Morgan fingerprint density at radius 2 is 1.79 bits per heavy atom. The highest BCUT2D eigenvalue weighted by Gasteiger charge is 2.18. The first-order valence-corrected chi connectivity index (χ1v) is 9.11. The van der Waals surface area contributed by atoms with Crippen molar-refractivity contribution < 1.29 is 14.3 Å². The molecule has 2 aromatic carbocycles. The van der Waals surface area contributed by atoms with Crippen molar-refractivity contribution in [2.24, 2.45) is 0 Å². The largest absolute Gasteiger partial charge is 0.493 e. The van der Waals surface area contributed by atoms with Gasteiger partial charge in [-0.15, -0.1) is 0 Å². The number of aromatic nitrogens is 1. The van der Waals surface area contributed by atoms with Crippen LogP contribution in [0, 0.1) is 0 Å². The summed E-state index contributed by atoms with van der Waals surface area (Å²) >= 11 is 6.07. The fourth-order valence-corrected chi connectivity index (χ4v) is 3.20. The van der Waals surface area contributed by atoms with E-state index < -0.39 is 5.91 Å². The minimum absolute atomic E-state index is 0.0400. The molecule has 146 valence electrons. The summed E-state index contributed by atoms with van der Waals surface area (Å²) in [6.07, 6.45) is 1.58. The van der Waals surface area contributed by atoms with E-state index in [4.69, 9.17) is 21.1 Å². The molecule has 0 fully saturated rings. The fraction of sp³-hybridized carbons (Fsp3) is 0.238. The van der Waals surface area contributed by atoms with Crippen molar-refractivity contribution in [3.05, 3.63) is 63.4 Å². The second-order valence-corrected chi connectivity index (χ2v) is 6.99. The van der Waals surface area contributed by atoms with Crippen molar-refractivity contribution in [2.45, 2.75) is 19.9 Å². The van der Waals surface area contributed by atoms with E-state index in [1.165, 1.54) is 14.2 Å². The summed E-state index contributed by atoms with van der Waals surface area (Å²) in [5.74, 6) is 0.515. The van der Waals surface area contributed by atoms with Gasteiger partial charge < -0.3 is 19.4 Å². The molecule has 0 spiro atoms. The van der Waals surface area contributed by atoms with E-state index in [9.17, 15) is 9.59 Å². The van der Waals surface area contributed by atoms with Crippen LogP contribution in [0.15, 0.2) is 47.4 Å². The van der Waals surface area contributed by atoms with Crippen LogP contribution in [-0.2, 0) is 0 Å². The number of rotatable bonds is 5. The molecule has 0 bridgehead atoms. The molecule has 1 amide bonds. The molecule has 6 nitrogen and oxygen atoms in total. The third-order valence-corrected chi connectivity index (χ3v) is 4.67. The van der Waals surface area contributed by atoms with Gasteiger partial charge in [-0.1, -0.05) is 11.6 Å². The molecule has 0 saturated heterocycles.